The van der Waals surface area contributed by atoms with E-state index in [2.05, 4.69) is 6.07 Å². The van der Waals surface area contributed by atoms with Gasteiger partial charge in [0, 0.05) is 23.7 Å². The van der Waals surface area contributed by atoms with Crippen molar-refractivity contribution in [2.75, 3.05) is 25.1 Å². The Balaban J connectivity index is 1.89. The lowest BCUT2D eigenvalue weighted by Crippen LogP contribution is -2.39. The molecule has 0 bridgehead atoms. The summed E-state index contributed by atoms with van der Waals surface area (Å²) in [5.74, 6) is 1.32. The van der Waals surface area contributed by atoms with Gasteiger partial charge in [0.15, 0.2) is 0 Å². The Morgan fingerprint density at radius 1 is 1.40 bits per heavy atom. The lowest BCUT2D eigenvalue weighted by atomic mass is 10.0. The van der Waals surface area contributed by atoms with Crippen molar-refractivity contribution >= 4 is 21.8 Å². The SMILES string of the molecule is CS(=O)(=O)N1CCC[C@@H](CSc2ccc(C#N)cc2)C1. The van der Waals surface area contributed by atoms with E-state index in [-0.39, 0.29) is 0 Å². The third kappa shape index (κ3) is 4.23. The zero-order valence-corrected chi connectivity index (χ0v) is 13.1. The normalized spacial score (nSPS) is 20.5. The molecule has 1 saturated heterocycles. The second-order valence-corrected chi connectivity index (χ2v) is 8.15. The average molecular weight is 310 g/mol. The number of hydrogen-bond donors (Lipinski definition) is 0. The summed E-state index contributed by atoms with van der Waals surface area (Å²) in [7, 11) is -3.06. The molecule has 0 unspecified atom stereocenters. The Morgan fingerprint density at radius 3 is 2.70 bits per heavy atom. The van der Waals surface area contributed by atoms with Crippen LogP contribution < -0.4 is 0 Å². The fraction of sp³-hybridized carbons (Fsp3) is 0.500. The lowest BCUT2D eigenvalue weighted by molar-refractivity contribution is 0.286. The van der Waals surface area contributed by atoms with Crippen molar-refractivity contribution in [3.8, 4) is 6.07 Å². The molecule has 1 fully saturated rings. The minimum atomic E-state index is -3.06. The zero-order chi connectivity index (χ0) is 14.6. The average Bonchev–Trinajstić information content (AvgIpc) is 2.45. The summed E-state index contributed by atoms with van der Waals surface area (Å²) in [6.45, 7) is 1.28. The fourth-order valence-corrected chi connectivity index (χ4v) is 4.28. The van der Waals surface area contributed by atoms with Gasteiger partial charge in [-0.25, -0.2) is 12.7 Å². The summed E-state index contributed by atoms with van der Waals surface area (Å²) < 4.78 is 24.7. The summed E-state index contributed by atoms with van der Waals surface area (Å²) in [6.07, 6.45) is 3.30. The van der Waals surface area contributed by atoms with E-state index in [1.54, 1.807) is 16.1 Å². The van der Waals surface area contributed by atoms with Crippen molar-refractivity contribution in [2.24, 2.45) is 5.92 Å². The topological polar surface area (TPSA) is 61.2 Å². The van der Waals surface area contributed by atoms with Crippen molar-refractivity contribution in [2.45, 2.75) is 17.7 Å². The zero-order valence-electron chi connectivity index (χ0n) is 11.4. The molecule has 1 atom stereocenters. The molecule has 0 aromatic heterocycles. The molecule has 1 aliphatic rings. The quantitative estimate of drug-likeness (QED) is 0.801. The number of nitriles is 1. The first kappa shape index (κ1) is 15.4. The fourth-order valence-electron chi connectivity index (χ4n) is 2.30. The second-order valence-electron chi connectivity index (χ2n) is 5.08. The van der Waals surface area contributed by atoms with Crippen LogP contribution in [0.3, 0.4) is 0 Å². The van der Waals surface area contributed by atoms with E-state index in [1.807, 2.05) is 24.3 Å². The maximum absolute atomic E-state index is 11.6. The number of nitrogens with zero attached hydrogens (tertiary/aromatic N) is 2. The van der Waals surface area contributed by atoms with Gasteiger partial charge in [-0.1, -0.05) is 0 Å². The van der Waals surface area contributed by atoms with Crippen molar-refractivity contribution in [1.82, 2.24) is 4.31 Å². The number of sulfonamides is 1. The van der Waals surface area contributed by atoms with Gasteiger partial charge < -0.3 is 0 Å². The molecule has 4 nitrogen and oxygen atoms in total. The Kier molecular flexibility index (Phi) is 5.08. The van der Waals surface area contributed by atoms with Gasteiger partial charge >= 0.3 is 0 Å². The molecule has 0 spiro atoms. The van der Waals surface area contributed by atoms with Crippen LogP contribution in [0.25, 0.3) is 0 Å². The summed E-state index contributed by atoms with van der Waals surface area (Å²) >= 11 is 1.73. The summed E-state index contributed by atoms with van der Waals surface area (Å²) in [5.41, 5.74) is 0.662. The second kappa shape index (κ2) is 6.61. The third-order valence-corrected chi connectivity index (χ3v) is 5.93. The maximum atomic E-state index is 11.6. The van der Waals surface area contributed by atoms with Crippen LogP contribution in [0.15, 0.2) is 29.2 Å². The third-order valence-electron chi connectivity index (χ3n) is 3.42. The molecule has 2 rings (SSSR count). The lowest BCUT2D eigenvalue weighted by Gasteiger charge is -2.30. The Bertz CT molecular complexity index is 591. The van der Waals surface area contributed by atoms with Crippen LogP contribution in [0.1, 0.15) is 18.4 Å². The molecular weight excluding hydrogens is 292 g/mol. The highest BCUT2D eigenvalue weighted by Gasteiger charge is 2.25. The van der Waals surface area contributed by atoms with E-state index < -0.39 is 10.0 Å². The molecule has 0 aliphatic carbocycles. The van der Waals surface area contributed by atoms with Crippen LogP contribution in [0.2, 0.25) is 0 Å². The number of hydrogen-bond acceptors (Lipinski definition) is 4. The molecule has 6 heteroatoms. The Labute approximate surface area is 124 Å². The van der Waals surface area contributed by atoms with Crippen LogP contribution in [-0.4, -0.2) is 37.8 Å². The molecule has 20 heavy (non-hydrogen) atoms. The van der Waals surface area contributed by atoms with Crippen molar-refractivity contribution in [3.05, 3.63) is 29.8 Å². The van der Waals surface area contributed by atoms with E-state index >= 15 is 0 Å². The van der Waals surface area contributed by atoms with Crippen molar-refractivity contribution < 1.29 is 8.42 Å². The summed E-state index contributed by atoms with van der Waals surface area (Å²) in [4.78, 5) is 1.13. The predicted octanol–water partition coefficient (Wildman–Crippen LogP) is 2.32. The van der Waals surface area contributed by atoms with Crippen LogP contribution in [0.5, 0.6) is 0 Å². The van der Waals surface area contributed by atoms with E-state index in [9.17, 15) is 8.42 Å². The van der Waals surface area contributed by atoms with Gasteiger partial charge in [-0.3, -0.25) is 0 Å². The van der Waals surface area contributed by atoms with Crippen LogP contribution in [-0.2, 0) is 10.0 Å². The van der Waals surface area contributed by atoms with Gasteiger partial charge in [0.1, 0.15) is 0 Å². The van der Waals surface area contributed by atoms with E-state index in [4.69, 9.17) is 5.26 Å². The highest BCUT2D eigenvalue weighted by molar-refractivity contribution is 7.99. The van der Waals surface area contributed by atoms with Crippen LogP contribution >= 0.6 is 11.8 Å². The van der Waals surface area contributed by atoms with Gasteiger partial charge in [-0.2, -0.15) is 5.26 Å². The molecule has 1 aliphatic heterocycles. The van der Waals surface area contributed by atoms with Crippen LogP contribution in [0.4, 0.5) is 0 Å². The molecule has 1 aromatic carbocycles. The first-order chi connectivity index (χ1) is 9.49. The van der Waals surface area contributed by atoms with Gasteiger partial charge in [-0.15, -0.1) is 11.8 Å². The van der Waals surface area contributed by atoms with Gasteiger partial charge in [0.2, 0.25) is 10.0 Å². The summed E-state index contributed by atoms with van der Waals surface area (Å²) in [5, 5.41) is 8.75. The minimum absolute atomic E-state index is 0.402. The Hall–Kier alpha value is -1.03. The molecule has 1 heterocycles. The van der Waals surface area contributed by atoms with Gasteiger partial charge in [0.25, 0.3) is 0 Å². The monoisotopic (exact) mass is 310 g/mol. The van der Waals surface area contributed by atoms with Crippen molar-refractivity contribution in [1.29, 1.82) is 5.26 Å². The minimum Gasteiger partial charge on any atom is -0.213 e. The van der Waals surface area contributed by atoms with E-state index in [0.29, 0.717) is 24.6 Å². The molecular formula is C14H18N2O2S2. The highest BCUT2D eigenvalue weighted by Crippen LogP contribution is 2.26. The smallest absolute Gasteiger partial charge is 0.211 e. The van der Waals surface area contributed by atoms with Crippen molar-refractivity contribution in [3.63, 3.8) is 0 Å². The predicted molar refractivity (Wildman–Crippen MR) is 81.0 cm³/mol. The number of benzene rings is 1. The number of piperidine rings is 1. The molecule has 0 saturated carbocycles. The van der Waals surface area contributed by atoms with Gasteiger partial charge in [-0.05, 0) is 43.0 Å². The molecule has 0 N–H and O–H groups in total. The van der Waals surface area contributed by atoms with Crippen LogP contribution in [0, 0.1) is 17.2 Å². The largest absolute Gasteiger partial charge is 0.213 e. The molecule has 0 radical (unpaired) electrons. The molecule has 0 amide bonds. The first-order valence-electron chi connectivity index (χ1n) is 6.57. The first-order valence-corrected chi connectivity index (χ1v) is 9.40. The highest BCUT2D eigenvalue weighted by atomic mass is 32.2. The maximum Gasteiger partial charge on any atom is 0.211 e. The Morgan fingerprint density at radius 2 is 2.10 bits per heavy atom. The number of thioether (sulfide) groups is 1. The number of rotatable bonds is 4. The van der Waals surface area contributed by atoms with Gasteiger partial charge in [0.05, 0.1) is 17.9 Å². The molecule has 108 valence electrons. The van der Waals surface area contributed by atoms with E-state index in [1.165, 1.54) is 6.26 Å². The standard InChI is InChI=1S/C14H18N2O2S2/c1-20(17,18)16-8-2-3-13(10-16)11-19-14-6-4-12(9-15)5-7-14/h4-7,13H,2-3,8,10-11H2,1H3/t13-/m1/s1. The van der Waals surface area contributed by atoms with E-state index in [0.717, 1.165) is 23.5 Å². The summed E-state index contributed by atoms with van der Waals surface area (Å²) in [6, 6.07) is 9.61. The molecule has 1 aromatic rings.